The topological polar surface area (TPSA) is 61.8 Å². The molecule has 70 heavy (non-hydrogen) atoms. The molecule has 0 aliphatic heterocycles. The maximum atomic E-state index is 12.8. The van der Waals surface area contributed by atoms with Crippen molar-refractivity contribution in [1.29, 1.82) is 0 Å². The van der Waals surface area contributed by atoms with Gasteiger partial charge in [-0.2, -0.15) is 0 Å². The summed E-state index contributed by atoms with van der Waals surface area (Å²) >= 11 is 0. The molecule has 0 amide bonds. The van der Waals surface area contributed by atoms with Crippen LogP contribution in [0, 0.1) is 0 Å². The van der Waals surface area contributed by atoms with Gasteiger partial charge in [0.2, 0.25) is 0 Å². The van der Waals surface area contributed by atoms with Gasteiger partial charge in [0.1, 0.15) is 6.61 Å². The van der Waals surface area contributed by atoms with Crippen LogP contribution in [-0.4, -0.2) is 37.9 Å². The maximum Gasteiger partial charge on any atom is 0.306 e. The second-order valence-corrected chi connectivity index (χ2v) is 17.7. The van der Waals surface area contributed by atoms with E-state index in [1.165, 1.54) is 25.7 Å². The Bertz CT molecular complexity index is 1560. The standard InChI is InChI=1S/C65H102O5/c1-4-7-10-13-16-19-22-25-28-30-32-34-36-39-42-45-48-51-54-57-60-68-61-63(70-65(67)59-56-53-50-47-44-41-37-27-24-21-18-15-12-9-6-3)62-69-64(66)58-55-52-49-46-43-40-38-35-33-31-29-26-23-20-17-14-11-8-5-2/h7-12,16-21,25-29,32-35,37,39,42,48,51,63H,4-6,13-15,22-24,30-31,36,38,40-41,43-47,49-50,52-62H2,1-3H3/b10-7-,11-8-,12-9-,19-16-,20-17-,21-18-,28-25-,29-26-,34-32-,35-33-,37-27-,42-39-,51-48-. The molecule has 0 spiro atoms. The molecule has 0 bridgehead atoms. The van der Waals surface area contributed by atoms with Crippen LogP contribution in [0.1, 0.15) is 213 Å². The molecule has 0 rings (SSSR count). The lowest BCUT2D eigenvalue weighted by Crippen LogP contribution is -2.30. The third kappa shape index (κ3) is 56.1. The maximum absolute atomic E-state index is 12.8. The molecule has 0 aromatic rings. The van der Waals surface area contributed by atoms with E-state index in [2.05, 4.69) is 179 Å². The van der Waals surface area contributed by atoms with Gasteiger partial charge in [0.15, 0.2) is 6.10 Å². The molecule has 0 radical (unpaired) electrons. The van der Waals surface area contributed by atoms with Crippen LogP contribution in [0.3, 0.4) is 0 Å². The van der Waals surface area contributed by atoms with E-state index >= 15 is 0 Å². The molecule has 0 aliphatic rings. The van der Waals surface area contributed by atoms with Crippen LogP contribution in [0.25, 0.3) is 0 Å². The number of carbonyl (C=O) groups excluding carboxylic acids is 2. The van der Waals surface area contributed by atoms with Gasteiger partial charge in [0.25, 0.3) is 0 Å². The predicted molar refractivity (Wildman–Crippen MR) is 306 cm³/mol. The van der Waals surface area contributed by atoms with Gasteiger partial charge in [-0.1, -0.05) is 224 Å². The smallest absolute Gasteiger partial charge is 0.306 e. The van der Waals surface area contributed by atoms with E-state index in [4.69, 9.17) is 14.2 Å². The van der Waals surface area contributed by atoms with Crippen molar-refractivity contribution in [1.82, 2.24) is 0 Å². The summed E-state index contributed by atoms with van der Waals surface area (Å²) in [4.78, 5) is 25.5. The zero-order valence-electron chi connectivity index (χ0n) is 45.0. The van der Waals surface area contributed by atoms with Crippen LogP contribution in [0.4, 0.5) is 0 Å². The minimum absolute atomic E-state index is 0.0359. The Morgan fingerprint density at radius 2 is 0.600 bits per heavy atom. The number of ether oxygens (including phenoxy) is 3. The molecular weight excluding hydrogens is 861 g/mol. The van der Waals surface area contributed by atoms with Crippen molar-refractivity contribution in [2.45, 2.75) is 219 Å². The molecular formula is C65H102O5. The average Bonchev–Trinajstić information content (AvgIpc) is 3.36. The molecule has 0 aliphatic carbocycles. The van der Waals surface area contributed by atoms with E-state index in [1.807, 2.05) is 0 Å². The first-order chi connectivity index (χ1) is 34.6. The predicted octanol–water partition coefficient (Wildman–Crippen LogP) is 19.5. The van der Waals surface area contributed by atoms with Crippen LogP contribution >= 0.6 is 0 Å². The quantitative estimate of drug-likeness (QED) is 0.0345. The summed E-state index contributed by atoms with van der Waals surface area (Å²) in [6.07, 6.45) is 87.0. The third-order valence-electron chi connectivity index (χ3n) is 11.0. The lowest BCUT2D eigenvalue weighted by atomic mass is 10.1. The number of rotatable bonds is 49. The highest BCUT2D eigenvalue weighted by Gasteiger charge is 2.17. The van der Waals surface area contributed by atoms with Gasteiger partial charge in [-0.25, -0.2) is 0 Å². The monoisotopic (exact) mass is 963 g/mol. The van der Waals surface area contributed by atoms with Gasteiger partial charge < -0.3 is 14.2 Å². The number of unbranched alkanes of at least 4 members (excludes halogenated alkanes) is 12. The van der Waals surface area contributed by atoms with E-state index in [9.17, 15) is 9.59 Å². The first kappa shape index (κ1) is 65.5. The van der Waals surface area contributed by atoms with Crippen molar-refractivity contribution >= 4 is 11.9 Å². The summed E-state index contributed by atoms with van der Waals surface area (Å²) in [6, 6.07) is 0. The van der Waals surface area contributed by atoms with Gasteiger partial charge in [-0.15, -0.1) is 0 Å². The highest BCUT2D eigenvalue weighted by Crippen LogP contribution is 2.12. The second-order valence-electron chi connectivity index (χ2n) is 17.7. The fourth-order valence-electron chi connectivity index (χ4n) is 7.00. The number of esters is 2. The Morgan fingerprint density at radius 1 is 0.314 bits per heavy atom. The number of carbonyl (C=O) groups is 2. The van der Waals surface area contributed by atoms with E-state index < -0.39 is 6.10 Å². The molecule has 1 unspecified atom stereocenters. The van der Waals surface area contributed by atoms with E-state index in [-0.39, 0.29) is 25.2 Å². The Kier molecular flexibility index (Phi) is 55.1. The minimum Gasteiger partial charge on any atom is -0.462 e. The van der Waals surface area contributed by atoms with Crippen molar-refractivity contribution in [3.05, 3.63) is 158 Å². The lowest BCUT2D eigenvalue weighted by Gasteiger charge is -2.18. The molecule has 0 saturated carbocycles. The molecule has 0 aromatic carbocycles. The summed E-state index contributed by atoms with van der Waals surface area (Å²) < 4.78 is 17.4. The van der Waals surface area contributed by atoms with Crippen LogP contribution in [-0.2, 0) is 23.8 Å². The van der Waals surface area contributed by atoms with Gasteiger partial charge in [0.05, 0.1) is 6.61 Å². The van der Waals surface area contributed by atoms with E-state index in [0.717, 1.165) is 154 Å². The van der Waals surface area contributed by atoms with Crippen molar-refractivity contribution < 1.29 is 23.8 Å². The molecule has 1 atom stereocenters. The largest absolute Gasteiger partial charge is 0.462 e. The fraction of sp³-hybridized carbons (Fsp3) is 0.569. The molecule has 0 fully saturated rings. The molecule has 392 valence electrons. The van der Waals surface area contributed by atoms with Crippen LogP contribution in [0.5, 0.6) is 0 Å². The number of hydrogen-bond donors (Lipinski definition) is 0. The van der Waals surface area contributed by atoms with E-state index in [1.54, 1.807) is 0 Å². The molecule has 0 heterocycles. The Balaban J connectivity index is 4.47. The second kappa shape index (κ2) is 58.8. The Labute approximate surface area is 431 Å². The number of allylic oxidation sites excluding steroid dienone is 26. The van der Waals surface area contributed by atoms with Gasteiger partial charge in [-0.3, -0.25) is 9.59 Å². The summed E-state index contributed by atoms with van der Waals surface area (Å²) in [7, 11) is 0. The summed E-state index contributed by atoms with van der Waals surface area (Å²) in [6.45, 7) is 7.29. The lowest BCUT2D eigenvalue weighted by molar-refractivity contribution is -0.163. The normalized spacial score (nSPS) is 13.5. The van der Waals surface area contributed by atoms with Crippen molar-refractivity contribution in [3.8, 4) is 0 Å². The third-order valence-corrected chi connectivity index (χ3v) is 11.0. The van der Waals surface area contributed by atoms with Crippen LogP contribution in [0.2, 0.25) is 0 Å². The minimum atomic E-state index is -0.595. The molecule has 0 N–H and O–H groups in total. The first-order valence-electron chi connectivity index (χ1n) is 28.0. The van der Waals surface area contributed by atoms with Gasteiger partial charge in [-0.05, 0) is 135 Å². The highest BCUT2D eigenvalue weighted by atomic mass is 16.6. The van der Waals surface area contributed by atoms with Gasteiger partial charge in [0, 0.05) is 19.4 Å². The van der Waals surface area contributed by atoms with Crippen LogP contribution < -0.4 is 0 Å². The molecule has 5 heteroatoms. The van der Waals surface area contributed by atoms with Crippen molar-refractivity contribution in [2.75, 3.05) is 19.8 Å². The average molecular weight is 964 g/mol. The van der Waals surface area contributed by atoms with Crippen LogP contribution in [0.15, 0.2) is 158 Å². The van der Waals surface area contributed by atoms with Crippen molar-refractivity contribution in [2.24, 2.45) is 0 Å². The van der Waals surface area contributed by atoms with Crippen molar-refractivity contribution in [3.63, 3.8) is 0 Å². The Morgan fingerprint density at radius 3 is 0.957 bits per heavy atom. The summed E-state index contributed by atoms with van der Waals surface area (Å²) in [5.74, 6) is -0.477. The fourth-order valence-corrected chi connectivity index (χ4v) is 7.00. The highest BCUT2D eigenvalue weighted by molar-refractivity contribution is 5.70. The number of hydrogen-bond acceptors (Lipinski definition) is 5. The van der Waals surface area contributed by atoms with E-state index in [0.29, 0.717) is 19.4 Å². The SMILES string of the molecule is CC/C=C\C/C=C\C/C=C\C/C=C\C/C=C\C/C=C\CCCOCC(COC(=O)CCCCCCCC/C=C\C/C=C\C/C=C\C/C=C\CC)OC(=O)CCCCCCC/C=C\C/C=C\C/C=C\CC. The summed E-state index contributed by atoms with van der Waals surface area (Å²) in [5, 5.41) is 0. The zero-order valence-corrected chi connectivity index (χ0v) is 45.0. The van der Waals surface area contributed by atoms with Gasteiger partial charge >= 0.3 is 11.9 Å². The molecule has 0 aromatic heterocycles. The Hall–Kier alpha value is -4.48. The molecule has 0 saturated heterocycles. The zero-order chi connectivity index (χ0) is 50.6. The first-order valence-corrected chi connectivity index (χ1v) is 28.0. The molecule has 5 nitrogen and oxygen atoms in total. The summed E-state index contributed by atoms with van der Waals surface area (Å²) in [5.41, 5.74) is 0.